The van der Waals surface area contributed by atoms with Crippen LogP contribution in [0.25, 0.3) is 0 Å². The molecule has 0 bridgehead atoms. The van der Waals surface area contributed by atoms with E-state index in [9.17, 15) is 13.9 Å². The van der Waals surface area contributed by atoms with E-state index >= 15 is 0 Å². The first-order valence-electron chi connectivity index (χ1n) is 11.5. The lowest BCUT2D eigenvalue weighted by Gasteiger charge is -2.43. The van der Waals surface area contributed by atoms with Crippen LogP contribution in [0.2, 0.25) is 0 Å². The topological polar surface area (TPSA) is 39.6 Å². The average molecular weight is 448 g/mol. The van der Waals surface area contributed by atoms with E-state index in [1.807, 2.05) is 5.38 Å². The first-order valence-corrected chi connectivity index (χ1v) is 12.4. The van der Waals surface area contributed by atoms with Gasteiger partial charge in [-0.1, -0.05) is 24.3 Å². The highest BCUT2D eigenvalue weighted by atomic mass is 32.1. The molecule has 1 aromatic heterocycles. The molecule has 1 N–H and O–H groups in total. The zero-order chi connectivity index (χ0) is 21.5. The van der Waals surface area contributed by atoms with Crippen molar-refractivity contribution in [3.05, 3.63) is 51.5 Å². The van der Waals surface area contributed by atoms with Crippen molar-refractivity contribution >= 4 is 11.3 Å². The molecule has 1 aromatic carbocycles. The van der Waals surface area contributed by atoms with Crippen LogP contribution < -0.4 is 0 Å². The van der Waals surface area contributed by atoms with Crippen molar-refractivity contribution in [3.8, 4) is 0 Å². The Bertz CT molecular complexity index is 900. The van der Waals surface area contributed by atoms with E-state index < -0.39 is 11.5 Å². The van der Waals surface area contributed by atoms with Crippen molar-refractivity contribution in [2.45, 2.75) is 75.6 Å². The summed E-state index contributed by atoms with van der Waals surface area (Å²) in [6, 6.07) is 8.87. The van der Waals surface area contributed by atoms with Gasteiger partial charge in [-0.25, -0.2) is 13.8 Å². The average Bonchev–Trinajstić information content (AvgIpc) is 3.24. The molecule has 0 atom stereocenters. The van der Waals surface area contributed by atoms with Crippen molar-refractivity contribution in [1.82, 2.24) is 14.8 Å². The zero-order valence-corrected chi connectivity index (χ0v) is 18.7. The van der Waals surface area contributed by atoms with Crippen LogP contribution in [-0.2, 0) is 25.1 Å². The van der Waals surface area contributed by atoms with Gasteiger partial charge < -0.3 is 10.0 Å². The van der Waals surface area contributed by atoms with Crippen LogP contribution in [-0.4, -0.2) is 51.5 Å². The summed E-state index contributed by atoms with van der Waals surface area (Å²) in [7, 11) is 0. The Morgan fingerprint density at radius 3 is 2.48 bits per heavy atom. The number of aromatic nitrogens is 1. The predicted molar refractivity (Wildman–Crippen MR) is 118 cm³/mol. The smallest absolute Gasteiger partial charge is 0.248 e. The van der Waals surface area contributed by atoms with Gasteiger partial charge in [0.2, 0.25) is 5.92 Å². The molecule has 1 saturated heterocycles. The number of hydrogen-bond donors (Lipinski definition) is 1. The summed E-state index contributed by atoms with van der Waals surface area (Å²) in [5, 5.41) is 14.3. The molecular weight excluding hydrogens is 416 g/mol. The van der Waals surface area contributed by atoms with Crippen molar-refractivity contribution in [2.75, 3.05) is 19.6 Å². The van der Waals surface area contributed by atoms with Gasteiger partial charge in [0.05, 0.1) is 12.2 Å². The number of nitrogens with zero attached hydrogens (tertiary/aromatic N) is 3. The molecule has 3 aliphatic rings. The highest BCUT2D eigenvalue weighted by Crippen LogP contribution is 2.39. The largest absolute Gasteiger partial charge is 0.383 e. The zero-order valence-electron chi connectivity index (χ0n) is 17.9. The summed E-state index contributed by atoms with van der Waals surface area (Å²) in [6.45, 7) is 4.30. The van der Waals surface area contributed by atoms with Crippen LogP contribution in [0, 0.1) is 0 Å². The van der Waals surface area contributed by atoms with Crippen molar-refractivity contribution in [2.24, 2.45) is 0 Å². The fraction of sp³-hybridized carbons (Fsp3) is 0.625. The summed E-state index contributed by atoms with van der Waals surface area (Å²) in [5.41, 5.74) is 2.75. The maximum atomic E-state index is 13.5. The van der Waals surface area contributed by atoms with Crippen LogP contribution in [0.15, 0.2) is 29.6 Å². The fourth-order valence-corrected chi connectivity index (χ4v) is 6.31. The summed E-state index contributed by atoms with van der Waals surface area (Å²) in [6.07, 6.45) is 3.43. The van der Waals surface area contributed by atoms with Crippen LogP contribution in [0.3, 0.4) is 0 Å². The number of thiazole rings is 1. The molecule has 0 spiro atoms. The fourth-order valence-electron chi connectivity index (χ4n) is 5.38. The maximum Gasteiger partial charge on any atom is 0.248 e. The second-order valence-corrected chi connectivity index (χ2v) is 10.5. The monoisotopic (exact) mass is 447 g/mol. The first kappa shape index (κ1) is 21.4. The van der Waals surface area contributed by atoms with Gasteiger partial charge in [-0.15, -0.1) is 11.3 Å². The van der Waals surface area contributed by atoms with Gasteiger partial charge in [-0.3, -0.25) is 4.90 Å². The Balaban J connectivity index is 1.17. The van der Waals surface area contributed by atoms with E-state index in [0.717, 1.165) is 49.8 Å². The lowest BCUT2D eigenvalue weighted by atomic mass is 9.85. The maximum absolute atomic E-state index is 13.5. The third-order valence-corrected chi connectivity index (χ3v) is 8.26. The molecule has 7 heteroatoms. The number of aliphatic hydroxyl groups is 1. The van der Waals surface area contributed by atoms with Gasteiger partial charge in [0, 0.05) is 50.4 Å². The third kappa shape index (κ3) is 4.70. The standard InChI is InChI=1S/C24H31F2N3OS/c25-24(26)8-5-20(6-9-24)29-13-10-23(30,11-14-29)21-17-31-22(27-21)16-28-12-7-18-3-1-2-4-19(18)15-28/h1-4,17,20,30H,5-16H2. The number of piperidine rings is 1. The number of hydrogen-bond acceptors (Lipinski definition) is 5. The lowest BCUT2D eigenvalue weighted by Crippen LogP contribution is -2.49. The Labute approximate surface area is 186 Å². The molecule has 0 unspecified atom stereocenters. The molecular formula is C24H31F2N3OS. The highest BCUT2D eigenvalue weighted by molar-refractivity contribution is 7.09. The Hall–Kier alpha value is -1.41. The molecule has 3 heterocycles. The molecule has 31 heavy (non-hydrogen) atoms. The molecule has 2 fully saturated rings. The van der Waals surface area contributed by atoms with Crippen LogP contribution >= 0.6 is 11.3 Å². The van der Waals surface area contributed by atoms with E-state index in [0.29, 0.717) is 25.7 Å². The number of likely N-dealkylation sites (tertiary alicyclic amines) is 1. The number of halogens is 2. The van der Waals surface area contributed by atoms with E-state index in [1.54, 1.807) is 11.3 Å². The first-order chi connectivity index (χ1) is 14.9. The van der Waals surface area contributed by atoms with Crippen LogP contribution in [0.1, 0.15) is 60.4 Å². The van der Waals surface area contributed by atoms with Crippen LogP contribution in [0.5, 0.6) is 0 Å². The highest BCUT2D eigenvalue weighted by Gasteiger charge is 2.41. The van der Waals surface area contributed by atoms with Gasteiger partial charge >= 0.3 is 0 Å². The summed E-state index contributed by atoms with van der Waals surface area (Å²) >= 11 is 1.64. The van der Waals surface area contributed by atoms with Gasteiger partial charge in [-0.05, 0) is 43.2 Å². The molecule has 5 rings (SSSR count). The van der Waals surface area contributed by atoms with Crippen molar-refractivity contribution in [1.29, 1.82) is 0 Å². The molecule has 0 radical (unpaired) electrons. The lowest BCUT2D eigenvalue weighted by molar-refractivity contribution is -0.0751. The van der Waals surface area contributed by atoms with E-state index in [1.165, 1.54) is 11.1 Å². The summed E-state index contributed by atoms with van der Waals surface area (Å²) < 4.78 is 26.9. The van der Waals surface area contributed by atoms with Crippen LogP contribution in [0.4, 0.5) is 8.78 Å². The normalized spacial score (nSPS) is 24.7. The molecule has 168 valence electrons. The molecule has 1 saturated carbocycles. The summed E-state index contributed by atoms with van der Waals surface area (Å²) in [5.74, 6) is -2.49. The van der Waals surface area contributed by atoms with Crippen molar-refractivity contribution < 1.29 is 13.9 Å². The summed E-state index contributed by atoms with van der Waals surface area (Å²) in [4.78, 5) is 9.56. The van der Waals surface area contributed by atoms with Gasteiger partial charge in [0.15, 0.2) is 0 Å². The quantitative estimate of drug-likeness (QED) is 0.746. The number of alkyl halides is 2. The van der Waals surface area contributed by atoms with E-state index in [2.05, 4.69) is 34.1 Å². The molecule has 4 nitrogen and oxygen atoms in total. The minimum absolute atomic E-state index is 0.00510. The van der Waals surface area contributed by atoms with Gasteiger partial charge in [0.25, 0.3) is 0 Å². The Morgan fingerprint density at radius 2 is 1.74 bits per heavy atom. The molecule has 2 aromatic rings. The minimum atomic E-state index is -2.49. The van der Waals surface area contributed by atoms with Gasteiger partial charge in [0.1, 0.15) is 10.6 Å². The molecule has 0 amide bonds. The SMILES string of the molecule is OC1(c2csc(CN3CCc4ccccc4C3)n2)CCN(C2CCC(F)(F)CC2)CC1. The molecule has 1 aliphatic carbocycles. The van der Waals surface area contributed by atoms with E-state index in [-0.39, 0.29) is 18.9 Å². The number of rotatable bonds is 4. The van der Waals surface area contributed by atoms with Gasteiger partial charge in [-0.2, -0.15) is 0 Å². The van der Waals surface area contributed by atoms with E-state index in [4.69, 9.17) is 4.98 Å². The van der Waals surface area contributed by atoms with Crippen molar-refractivity contribution in [3.63, 3.8) is 0 Å². The Morgan fingerprint density at radius 1 is 1.03 bits per heavy atom. The second-order valence-electron chi connectivity index (χ2n) is 9.51. The number of benzene rings is 1. The molecule has 2 aliphatic heterocycles. The second kappa shape index (κ2) is 8.50. The number of fused-ring (bicyclic) bond motifs is 1. The minimum Gasteiger partial charge on any atom is -0.383 e. The third-order valence-electron chi connectivity index (χ3n) is 7.43. The Kier molecular flexibility index (Phi) is 5.88. The predicted octanol–water partition coefficient (Wildman–Crippen LogP) is 4.56.